The first-order valence-electron chi connectivity index (χ1n) is 9.22. The number of hydrogen-bond acceptors (Lipinski definition) is 2. The third kappa shape index (κ3) is 2.77. The Balaban J connectivity index is 1.73. The highest BCUT2D eigenvalue weighted by Crippen LogP contribution is 2.38. The monoisotopic (exact) mass is 349 g/mol. The van der Waals surface area contributed by atoms with Gasteiger partial charge in [-0.25, -0.2) is 0 Å². The van der Waals surface area contributed by atoms with E-state index in [2.05, 4.69) is 81.6 Å². The lowest BCUT2D eigenvalue weighted by Crippen LogP contribution is -2.19. The van der Waals surface area contributed by atoms with Crippen molar-refractivity contribution in [3.8, 4) is 22.8 Å². The fraction of sp³-hybridized carbons (Fsp3) is 0.0833. The molecule has 0 aliphatic heterocycles. The maximum Gasteiger partial charge on any atom is 0.168 e. The molecule has 2 atom stereocenters. The SMILES string of the molecule is C1=CC2C=CC=C(n3c(-c4ccccc4)nnc3-c3ccccc3)C2C=C1. The predicted octanol–water partition coefficient (Wildman–Crippen LogP) is 5.38. The Bertz CT molecular complexity index is 1010. The molecule has 1 aromatic heterocycles. The van der Waals surface area contributed by atoms with Crippen LogP contribution in [0, 0.1) is 11.8 Å². The van der Waals surface area contributed by atoms with Crippen LogP contribution in [0.4, 0.5) is 0 Å². The molecule has 3 aromatic rings. The van der Waals surface area contributed by atoms with Gasteiger partial charge in [0.05, 0.1) is 0 Å². The van der Waals surface area contributed by atoms with Gasteiger partial charge in [0.25, 0.3) is 0 Å². The van der Waals surface area contributed by atoms with Gasteiger partial charge in [-0.05, 0) is 6.08 Å². The fourth-order valence-electron chi connectivity index (χ4n) is 3.80. The maximum atomic E-state index is 4.58. The van der Waals surface area contributed by atoms with E-state index in [0.717, 1.165) is 22.8 Å². The molecule has 0 N–H and O–H groups in total. The van der Waals surface area contributed by atoms with Crippen LogP contribution in [0.25, 0.3) is 28.5 Å². The van der Waals surface area contributed by atoms with E-state index in [1.54, 1.807) is 0 Å². The van der Waals surface area contributed by atoms with Gasteiger partial charge >= 0.3 is 0 Å². The van der Waals surface area contributed by atoms with Crippen LogP contribution in [0.5, 0.6) is 0 Å². The van der Waals surface area contributed by atoms with E-state index < -0.39 is 0 Å². The second-order valence-electron chi connectivity index (χ2n) is 6.76. The predicted molar refractivity (Wildman–Crippen MR) is 110 cm³/mol. The number of aromatic nitrogens is 3. The largest absolute Gasteiger partial charge is 0.278 e. The molecule has 1 heterocycles. The van der Waals surface area contributed by atoms with Gasteiger partial charge in [-0.1, -0.05) is 97.1 Å². The minimum absolute atomic E-state index is 0.279. The van der Waals surface area contributed by atoms with Crippen molar-refractivity contribution in [2.45, 2.75) is 0 Å². The number of benzene rings is 2. The Morgan fingerprint density at radius 3 is 1.81 bits per heavy atom. The zero-order chi connectivity index (χ0) is 18.1. The summed E-state index contributed by atoms with van der Waals surface area (Å²) in [6, 6.07) is 20.5. The van der Waals surface area contributed by atoms with Crippen molar-refractivity contribution in [3.05, 3.63) is 103 Å². The summed E-state index contributed by atoms with van der Waals surface area (Å²) >= 11 is 0. The van der Waals surface area contributed by atoms with E-state index >= 15 is 0 Å². The molecular formula is C24H19N3. The second-order valence-corrected chi connectivity index (χ2v) is 6.76. The number of fused-ring (bicyclic) bond motifs is 1. The molecule has 2 aliphatic rings. The molecule has 3 nitrogen and oxygen atoms in total. The summed E-state index contributed by atoms with van der Waals surface area (Å²) in [4.78, 5) is 0. The van der Waals surface area contributed by atoms with Gasteiger partial charge in [-0.3, -0.25) is 4.57 Å². The van der Waals surface area contributed by atoms with E-state index in [1.807, 2.05) is 36.4 Å². The van der Waals surface area contributed by atoms with Gasteiger partial charge in [0.1, 0.15) is 0 Å². The minimum atomic E-state index is 0.279. The zero-order valence-electron chi connectivity index (χ0n) is 14.8. The number of allylic oxidation sites excluding steroid dienone is 8. The van der Waals surface area contributed by atoms with E-state index in [9.17, 15) is 0 Å². The van der Waals surface area contributed by atoms with Crippen molar-refractivity contribution in [2.75, 3.05) is 0 Å². The van der Waals surface area contributed by atoms with Crippen LogP contribution in [0.1, 0.15) is 0 Å². The Morgan fingerprint density at radius 2 is 1.19 bits per heavy atom. The highest BCUT2D eigenvalue weighted by atomic mass is 15.3. The normalized spacial score (nSPS) is 20.4. The van der Waals surface area contributed by atoms with E-state index in [1.165, 1.54) is 5.70 Å². The third-order valence-electron chi connectivity index (χ3n) is 5.10. The summed E-state index contributed by atoms with van der Waals surface area (Å²) in [6.45, 7) is 0. The number of rotatable bonds is 3. The lowest BCUT2D eigenvalue weighted by atomic mass is 9.82. The second kappa shape index (κ2) is 6.69. The zero-order valence-corrected chi connectivity index (χ0v) is 14.8. The molecule has 130 valence electrons. The lowest BCUT2D eigenvalue weighted by Gasteiger charge is -2.29. The van der Waals surface area contributed by atoms with Crippen molar-refractivity contribution in [1.29, 1.82) is 0 Å². The molecular weight excluding hydrogens is 330 g/mol. The van der Waals surface area contributed by atoms with Gasteiger partial charge in [-0.2, -0.15) is 0 Å². The summed E-state index contributed by atoms with van der Waals surface area (Å²) < 4.78 is 2.22. The molecule has 0 spiro atoms. The molecule has 5 rings (SSSR count). The van der Waals surface area contributed by atoms with Crippen LogP contribution in [-0.2, 0) is 0 Å². The summed E-state index contributed by atoms with van der Waals surface area (Å²) in [5, 5.41) is 9.16. The molecule has 0 bridgehead atoms. The molecule has 0 fully saturated rings. The van der Waals surface area contributed by atoms with Crippen molar-refractivity contribution >= 4 is 5.70 Å². The molecule has 3 heteroatoms. The average Bonchev–Trinajstić information content (AvgIpc) is 3.19. The Morgan fingerprint density at radius 1 is 0.630 bits per heavy atom. The first-order chi connectivity index (χ1) is 13.4. The summed E-state index contributed by atoms with van der Waals surface area (Å²) in [5.74, 6) is 2.39. The highest BCUT2D eigenvalue weighted by molar-refractivity contribution is 5.73. The van der Waals surface area contributed by atoms with Crippen LogP contribution in [0.2, 0.25) is 0 Å². The third-order valence-corrected chi connectivity index (χ3v) is 5.10. The minimum Gasteiger partial charge on any atom is -0.278 e. The fourth-order valence-corrected chi connectivity index (χ4v) is 3.80. The van der Waals surface area contributed by atoms with Crippen LogP contribution < -0.4 is 0 Å². The topological polar surface area (TPSA) is 30.7 Å². The van der Waals surface area contributed by atoms with Gasteiger partial charge in [0.15, 0.2) is 11.6 Å². The molecule has 2 unspecified atom stereocenters. The molecule has 27 heavy (non-hydrogen) atoms. The van der Waals surface area contributed by atoms with Crippen molar-refractivity contribution in [1.82, 2.24) is 14.8 Å². The lowest BCUT2D eigenvalue weighted by molar-refractivity contribution is 0.650. The van der Waals surface area contributed by atoms with Crippen LogP contribution in [-0.4, -0.2) is 14.8 Å². The van der Waals surface area contributed by atoms with E-state index in [0.29, 0.717) is 5.92 Å². The number of nitrogens with zero attached hydrogens (tertiary/aromatic N) is 3. The first kappa shape index (κ1) is 15.8. The molecule has 2 aliphatic carbocycles. The summed E-state index contributed by atoms with van der Waals surface area (Å²) in [7, 11) is 0. The Hall–Kier alpha value is -3.46. The van der Waals surface area contributed by atoms with E-state index in [-0.39, 0.29) is 5.92 Å². The first-order valence-corrected chi connectivity index (χ1v) is 9.22. The van der Waals surface area contributed by atoms with Gasteiger partial charge in [0, 0.05) is 28.7 Å². The molecule has 0 saturated carbocycles. The maximum absolute atomic E-state index is 4.58. The van der Waals surface area contributed by atoms with Crippen LogP contribution in [0.15, 0.2) is 103 Å². The number of hydrogen-bond donors (Lipinski definition) is 0. The van der Waals surface area contributed by atoms with Crippen molar-refractivity contribution in [2.24, 2.45) is 11.8 Å². The summed E-state index contributed by atoms with van der Waals surface area (Å²) in [6.07, 6.45) is 15.4. The van der Waals surface area contributed by atoms with Gasteiger partial charge < -0.3 is 0 Å². The Labute approximate surface area is 158 Å². The smallest absolute Gasteiger partial charge is 0.168 e. The van der Waals surface area contributed by atoms with Crippen LogP contribution >= 0.6 is 0 Å². The van der Waals surface area contributed by atoms with E-state index in [4.69, 9.17) is 0 Å². The average molecular weight is 349 g/mol. The van der Waals surface area contributed by atoms with Crippen LogP contribution in [0.3, 0.4) is 0 Å². The standard InChI is InChI=1S/C24H19N3/c1-3-11-19(12-4-1)23-25-26-24(20-13-5-2-6-14-20)27(23)22-17-9-15-18-10-7-8-16-21(18)22/h1-18,21H. The highest BCUT2D eigenvalue weighted by Gasteiger charge is 2.28. The van der Waals surface area contributed by atoms with Crippen molar-refractivity contribution < 1.29 is 0 Å². The Kier molecular flexibility index (Phi) is 3.91. The van der Waals surface area contributed by atoms with Gasteiger partial charge in [-0.15, -0.1) is 10.2 Å². The molecule has 2 aromatic carbocycles. The van der Waals surface area contributed by atoms with Gasteiger partial charge in [0.2, 0.25) is 0 Å². The van der Waals surface area contributed by atoms with Crippen molar-refractivity contribution in [3.63, 3.8) is 0 Å². The molecule has 0 radical (unpaired) electrons. The molecule has 0 amide bonds. The summed E-state index contributed by atoms with van der Waals surface area (Å²) in [5.41, 5.74) is 3.33. The quantitative estimate of drug-likeness (QED) is 0.635. The molecule has 0 saturated heterocycles.